The summed E-state index contributed by atoms with van der Waals surface area (Å²) in [5.74, 6) is 1.28. The van der Waals surface area contributed by atoms with E-state index in [0.29, 0.717) is 34.9 Å². The minimum Gasteiger partial charge on any atom is -0.497 e. The molecule has 0 bridgehead atoms. The summed E-state index contributed by atoms with van der Waals surface area (Å²) in [7, 11) is 0.0212. The Bertz CT molecular complexity index is 982. The average molecular weight is 379 g/mol. The second-order valence-electron chi connectivity index (χ2n) is 6.21. The van der Waals surface area contributed by atoms with Gasteiger partial charge in [0.2, 0.25) is 0 Å². The molecule has 0 amide bonds. The van der Waals surface area contributed by atoms with Gasteiger partial charge >= 0.3 is 0 Å². The van der Waals surface area contributed by atoms with Gasteiger partial charge in [0, 0.05) is 30.1 Å². The molecule has 0 spiro atoms. The number of ether oxygens (including phenoxy) is 2. The van der Waals surface area contributed by atoms with Crippen LogP contribution in [0.15, 0.2) is 28.0 Å². The van der Waals surface area contributed by atoms with E-state index in [1.807, 2.05) is 0 Å². The summed E-state index contributed by atoms with van der Waals surface area (Å²) in [5, 5.41) is 2.97. The monoisotopic (exact) mass is 379 g/mol. The van der Waals surface area contributed by atoms with Crippen LogP contribution < -0.4 is 15.0 Å². The Morgan fingerprint density at radius 2 is 1.88 bits per heavy atom. The molecule has 1 atom stereocenters. The molecule has 0 unspecified atom stereocenters. The van der Waals surface area contributed by atoms with Crippen LogP contribution in [-0.2, 0) is 9.84 Å². The summed E-state index contributed by atoms with van der Waals surface area (Å²) >= 11 is 0. The van der Waals surface area contributed by atoms with Crippen molar-refractivity contribution in [3.63, 3.8) is 0 Å². The van der Waals surface area contributed by atoms with Crippen LogP contribution in [0.4, 0.5) is 5.69 Å². The zero-order valence-corrected chi connectivity index (χ0v) is 15.7. The van der Waals surface area contributed by atoms with Crippen molar-refractivity contribution < 1.29 is 17.9 Å². The van der Waals surface area contributed by atoms with Gasteiger partial charge in [-0.05, 0) is 13.3 Å². The summed E-state index contributed by atoms with van der Waals surface area (Å²) in [6.07, 6.45) is 1.91. The average Bonchev–Trinajstić information content (AvgIpc) is 3.11. The van der Waals surface area contributed by atoms with Crippen LogP contribution in [0.3, 0.4) is 0 Å². The SMILES string of the molecule is COc1cc(N=Cc2c(C)[nH]n([C@@H]3CCS(=O)(=O)C3)c2=O)cc(OC)c1. The van der Waals surface area contributed by atoms with E-state index in [9.17, 15) is 13.2 Å². The Morgan fingerprint density at radius 1 is 1.23 bits per heavy atom. The Hall–Kier alpha value is -2.55. The van der Waals surface area contributed by atoms with Crippen LogP contribution in [-0.4, -0.2) is 50.1 Å². The number of aryl methyl sites for hydroxylation is 1. The van der Waals surface area contributed by atoms with Gasteiger partial charge in [-0.15, -0.1) is 0 Å². The van der Waals surface area contributed by atoms with Crippen LogP contribution >= 0.6 is 0 Å². The highest BCUT2D eigenvalue weighted by atomic mass is 32.2. The fourth-order valence-corrected chi connectivity index (χ4v) is 4.68. The molecule has 140 valence electrons. The quantitative estimate of drug-likeness (QED) is 0.795. The number of hydrogen-bond acceptors (Lipinski definition) is 6. The van der Waals surface area contributed by atoms with Crippen LogP contribution in [0.1, 0.15) is 23.7 Å². The topological polar surface area (TPSA) is 103 Å². The maximum atomic E-state index is 12.7. The first-order valence-electron chi connectivity index (χ1n) is 8.11. The molecule has 0 radical (unpaired) electrons. The van der Waals surface area contributed by atoms with E-state index in [-0.39, 0.29) is 23.1 Å². The number of aliphatic imine (C=N–C) groups is 1. The molecular weight excluding hydrogens is 358 g/mol. The van der Waals surface area contributed by atoms with Crippen LogP contribution in [0, 0.1) is 6.92 Å². The lowest BCUT2D eigenvalue weighted by Crippen LogP contribution is -2.25. The van der Waals surface area contributed by atoms with E-state index >= 15 is 0 Å². The Labute approximate surface area is 151 Å². The number of rotatable bonds is 5. The summed E-state index contributed by atoms with van der Waals surface area (Å²) in [6, 6.07) is 4.82. The van der Waals surface area contributed by atoms with Gasteiger partial charge in [-0.1, -0.05) is 0 Å². The molecule has 1 N–H and O–H groups in total. The lowest BCUT2D eigenvalue weighted by Gasteiger charge is -2.07. The largest absolute Gasteiger partial charge is 0.497 e. The number of benzene rings is 1. The van der Waals surface area contributed by atoms with Gasteiger partial charge in [0.25, 0.3) is 5.56 Å². The summed E-state index contributed by atoms with van der Waals surface area (Å²) < 4.78 is 35.1. The van der Waals surface area contributed by atoms with Crippen molar-refractivity contribution in [3.05, 3.63) is 39.8 Å². The molecule has 1 saturated heterocycles. The maximum absolute atomic E-state index is 12.7. The highest BCUT2D eigenvalue weighted by Crippen LogP contribution is 2.27. The number of methoxy groups -OCH3 is 2. The summed E-state index contributed by atoms with van der Waals surface area (Å²) in [5.41, 5.74) is 1.34. The first-order chi connectivity index (χ1) is 12.3. The van der Waals surface area contributed by atoms with E-state index in [4.69, 9.17) is 9.47 Å². The van der Waals surface area contributed by atoms with Crippen molar-refractivity contribution >= 4 is 21.7 Å². The van der Waals surface area contributed by atoms with Crippen LogP contribution in [0.5, 0.6) is 11.5 Å². The Balaban J connectivity index is 1.92. The molecule has 0 aliphatic carbocycles. The number of aromatic amines is 1. The standard InChI is InChI=1S/C17H21N3O5S/c1-11-16(9-18-12-6-14(24-2)8-15(7-12)25-3)17(21)20(19-11)13-4-5-26(22,23)10-13/h6-9,13,19H,4-5,10H2,1-3H3/t13-/m1/s1. The molecule has 1 fully saturated rings. The summed E-state index contributed by atoms with van der Waals surface area (Å²) in [6.45, 7) is 1.76. The normalized spacial score (nSPS) is 19.1. The van der Waals surface area contributed by atoms with Crippen LogP contribution in [0.2, 0.25) is 0 Å². The first kappa shape index (κ1) is 18.2. The predicted molar refractivity (Wildman–Crippen MR) is 98.9 cm³/mol. The fourth-order valence-electron chi connectivity index (χ4n) is 2.98. The first-order valence-corrected chi connectivity index (χ1v) is 9.94. The van der Waals surface area contributed by atoms with Crippen molar-refractivity contribution in [1.82, 2.24) is 9.78 Å². The van der Waals surface area contributed by atoms with Gasteiger partial charge in [0.15, 0.2) is 9.84 Å². The van der Waals surface area contributed by atoms with Crippen molar-refractivity contribution in [3.8, 4) is 11.5 Å². The number of nitrogens with one attached hydrogen (secondary N) is 1. The van der Waals surface area contributed by atoms with Gasteiger partial charge in [-0.3, -0.25) is 14.9 Å². The molecular formula is C17H21N3O5S. The molecule has 26 heavy (non-hydrogen) atoms. The highest BCUT2D eigenvalue weighted by molar-refractivity contribution is 7.91. The van der Waals surface area contributed by atoms with E-state index in [0.717, 1.165) is 0 Å². The second kappa shape index (κ2) is 6.99. The van der Waals surface area contributed by atoms with Gasteiger partial charge in [0.1, 0.15) is 11.5 Å². The molecule has 3 rings (SSSR count). The minimum absolute atomic E-state index is 0.0173. The van der Waals surface area contributed by atoms with E-state index in [2.05, 4.69) is 10.1 Å². The Morgan fingerprint density at radius 3 is 2.42 bits per heavy atom. The molecule has 8 nitrogen and oxygen atoms in total. The van der Waals surface area contributed by atoms with Crippen molar-refractivity contribution in [2.75, 3.05) is 25.7 Å². The number of hydrogen-bond donors (Lipinski definition) is 1. The maximum Gasteiger partial charge on any atom is 0.275 e. The number of aromatic nitrogens is 2. The molecule has 0 saturated carbocycles. The van der Waals surface area contributed by atoms with E-state index < -0.39 is 9.84 Å². The predicted octanol–water partition coefficient (Wildman–Crippen LogP) is 1.61. The van der Waals surface area contributed by atoms with Crippen molar-refractivity contribution in [1.29, 1.82) is 0 Å². The third kappa shape index (κ3) is 3.67. The summed E-state index contributed by atoms with van der Waals surface area (Å²) in [4.78, 5) is 17.0. The third-order valence-corrected chi connectivity index (χ3v) is 6.14. The van der Waals surface area contributed by atoms with E-state index in [1.165, 1.54) is 10.9 Å². The van der Waals surface area contributed by atoms with Crippen LogP contribution in [0.25, 0.3) is 0 Å². The lowest BCUT2D eigenvalue weighted by atomic mass is 10.2. The number of nitrogens with zero attached hydrogens (tertiary/aromatic N) is 2. The molecule has 1 aliphatic rings. The second-order valence-corrected chi connectivity index (χ2v) is 8.44. The molecule has 1 aromatic heterocycles. The zero-order valence-electron chi connectivity index (χ0n) is 14.9. The molecule has 2 aromatic rings. The fraction of sp³-hybridized carbons (Fsp3) is 0.412. The number of H-pyrrole nitrogens is 1. The third-order valence-electron chi connectivity index (χ3n) is 4.39. The van der Waals surface area contributed by atoms with Gasteiger partial charge < -0.3 is 9.47 Å². The van der Waals surface area contributed by atoms with E-state index in [1.54, 1.807) is 39.3 Å². The van der Waals surface area contributed by atoms with Crippen molar-refractivity contribution in [2.45, 2.75) is 19.4 Å². The molecule has 1 aromatic carbocycles. The molecule has 2 heterocycles. The zero-order chi connectivity index (χ0) is 18.9. The number of sulfone groups is 1. The molecule has 1 aliphatic heterocycles. The minimum atomic E-state index is -3.08. The highest BCUT2D eigenvalue weighted by Gasteiger charge is 2.31. The molecule has 9 heteroatoms. The van der Waals surface area contributed by atoms with Gasteiger partial charge in [-0.25, -0.2) is 13.1 Å². The Kier molecular flexibility index (Phi) is 4.90. The van der Waals surface area contributed by atoms with Gasteiger partial charge in [0.05, 0.1) is 43.0 Å². The van der Waals surface area contributed by atoms with Gasteiger partial charge in [-0.2, -0.15) is 0 Å². The lowest BCUT2D eigenvalue weighted by molar-refractivity contribution is 0.394. The smallest absolute Gasteiger partial charge is 0.275 e. The van der Waals surface area contributed by atoms with Crippen molar-refractivity contribution in [2.24, 2.45) is 4.99 Å².